The maximum absolute atomic E-state index is 13.7. The van der Waals surface area contributed by atoms with Gasteiger partial charge >= 0.3 is 0 Å². The highest BCUT2D eigenvalue weighted by Crippen LogP contribution is 2.22. The largest absolute Gasteiger partial charge is 0.316 e. The van der Waals surface area contributed by atoms with E-state index >= 15 is 0 Å². The van der Waals surface area contributed by atoms with Gasteiger partial charge in [0, 0.05) is 21.2 Å². The smallest absolute Gasteiger partial charge is 0.162 e. The number of nitrogens with one attached hydrogen (secondary N) is 1. The molecule has 1 atom stereocenters. The standard InChI is InChI=1S/C16H16BrF2NS/c1-20-13(9-11-3-2-4-15(18)16(11)19)10-21-14-7-5-12(17)6-8-14/h2-8,13,20H,9-10H2,1H3. The molecule has 0 heterocycles. The minimum Gasteiger partial charge on any atom is -0.316 e. The van der Waals surface area contributed by atoms with Crippen LogP contribution in [0.3, 0.4) is 0 Å². The van der Waals surface area contributed by atoms with Crippen molar-refractivity contribution in [2.75, 3.05) is 12.8 Å². The molecule has 0 bridgehead atoms. The summed E-state index contributed by atoms with van der Waals surface area (Å²) >= 11 is 5.09. The first-order valence-corrected chi connectivity index (χ1v) is 8.36. The molecule has 0 amide bonds. The van der Waals surface area contributed by atoms with E-state index in [9.17, 15) is 8.78 Å². The first-order valence-electron chi connectivity index (χ1n) is 6.58. The van der Waals surface area contributed by atoms with Gasteiger partial charge < -0.3 is 5.32 Å². The van der Waals surface area contributed by atoms with Crippen molar-refractivity contribution in [3.8, 4) is 0 Å². The Kier molecular flexibility index (Phi) is 6.21. The summed E-state index contributed by atoms with van der Waals surface area (Å²) in [6, 6.07) is 12.4. The van der Waals surface area contributed by atoms with Crippen LogP contribution in [0.4, 0.5) is 8.78 Å². The Bertz CT molecular complexity index is 589. The molecule has 0 aliphatic heterocycles. The second-order valence-corrected chi connectivity index (χ2v) is 6.68. The van der Waals surface area contributed by atoms with Crippen LogP contribution in [0, 0.1) is 11.6 Å². The molecule has 0 spiro atoms. The summed E-state index contributed by atoms with van der Waals surface area (Å²) in [6.07, 6.45) is 0.462. The van der Waals surface area contributed by atoms with Crippen LogP contribution in [0.2, 0.25) is 0 Å². The fraction of sp³-hybridized carbons (Fsp3) is 0.250. The molecular weight excluding hydrogens is 356 g/mol. The van der Waals surface area contributed by atoms with Crippen LogP contribution in [0.25, 0.3) is 0 Å². The summed E-state index contributed by atoms with van der Waals surface area (Å²) in [7, 11) is 1.84. The van der Waals surface area contributed by atoms with Crippen LogP contribution in [0.15, 0.2) is 51.8 Å². The lowest BCUT2D eigenvalue weighted by Gasteiger charge is -2.16. The molecule has 0 aliphatic carbocycles. The van der Waals surface area contributed by atoms with Gasteiger partial charge in [-0.15, -0.1) is 11.8 Å². The van der Waals surface area contributed by atoms with Crippen molar-refractivity contribution < 1.29 is 8.78 Å². The van der Waals surface area contributed by atoms with E-state index in [1.165, 1.54) is 0 Å². The van der Waals surface area contributed by atoms with E-state index in [4.69, 9.17) is 0 Å². The second-order valence-electron chi connectivity index (χ2n) is 4.67. The molecule has 1 nitrogen and oxygen atoms in total. The molecule has 2 aromatic carbocycles. The van der Waals surface area contributed by atoms with Gasteiger partial charge in [0.25, 0.3) is 0 Å². The molecule has 2 rings (SSSR count). The molecular formula is C16H16BrF2NS. The van der Waals surface area contributed by atoms with E-state index in [-0.39, 0.29) is 6.04 Å². The Labute approximate surface area is 136 Å². The molecule has 1 N–H and O–H groups in total. The summed E-state index contributed by atoms with van der Waals surface area (Å²) in [6.45, 7) is 0. The van der Waals surface area contributed by atoms with Gasteiger partial charge in [0.15, 0.2) is 11.6 Å². The quantitative estimate of drug-likeness (QED) is 0.741. The third-order valence-corrected chi connectivity index (χ3v) is 4.87. The number of hydrogen-bond acceptors (Lipinski definition) is 2. The predicted octanol–water partition coefficient (Wildman–Crippen LogP) is 4.65. The summed E-state index contributed by atoms with van der Waals surface area (Å²) < 4.78 is 27.9. The molecule has 21 heavy (non-hydrogen) atoms. The Morgan fingerprint density at radius 3 is 2.52 bits per heavy atom. The van der Waals surface area contributed by atoms with Crippen molar-refractivity contribution in [1.29, 1.82) is 0 Å². The molecule has 0 saturated heterocycles. The van der Waals surface area contributed by atoms with Crippen LogP contribution in [-0.4, -0.2) is 18.8 Å². The summed E-state index contributed by atoms with van der Waals surface area (Å²) in [5.41, 5.74) is 0.408. The zero-order valence-electron chi connectivity index (χ0n) is 11.6. The van der Waals surface area contributed by atoms with E-state index in [0.717, 1.165) is 21.2 Å². The Balaban J connectivity index is 1.97. The van der Waals surface area contributed by atoms with E-state index in [1.807, 2.05) is 31.3 Å². The topological polar surface area (TPSA) is 12.0 Å². The van der Waals surface area contributed by atoms with Crippen LogP contribution in [0.1, 0.15) is 5.56 Å². The number of thioether (sulfide) groups is 1. The zero-order valence-corrected chi connectivity index (χ0v) is 14.0. The minimum atomic E-state index is -0.789. The van der Waals surface area contributed by atoms with Crippen LogP contribution in [-0.2, 0) is 6.42 Å². The van der Waals surface area contributed by atoms with E-state index in [1.54, 1.807) is 23.9 Å². The van der Waals surface area contributed by atoms with Crippen LogP contribution >= 0.6 is 27.7 Å². The average Bonchev–Trinajstić information content (AvgIpc) is 2.49. The van der Waals surface area contributed by atoms with Crippen molar-refractivity contribution in [2.45, 2.75) is 17.4 Å². The summed E-state index contributed by atoms with van der Waals surface area (Å²) in [4.78, 5) is 1.15. The van der Waals surface area contributed by atoms with Gasteiger partial charge in [-0.3, -0.25) is 0 Å². The number of halogens is 3. The maximum atomic E-state index is 13.7. The van der Waals surface area contributed by atoms with Crippen LogP contribution in [0.5, 0.6) is 0 Å². The molecule has 112 valence electrons. The molecule has 1 unspecified atom stereocenters. The number of hydrogen-bond donors (Lipinski definition) is 1. The predicted molar refractivity (Wildman–Crippen MR) is 87.8 cm³/mol. The molecule has 0 fully saturated rings. The lowest BCUT2D eigenvalue weighted by molar-refractivity contribution is 0.490. The van der Waals surface area contributed by atoms with Gasteiger partial charge in [-0.2, -0.15) is 0 Å². The third-order valence-electron chi connectivity index (χ3n) is 3.17. The molecule has 0 aliphatic rings. The Morgan fingerprint density at radius 1 is 1.14 bits per heavy atom. The van der Waals surface area contributed by atoms with Gasteiger partial charge in [-0.05, 0) is 49.4 Å². The lowest BCUT2D eigenvalue weighted by Crippen LogP contribution is -2.30. The number of rotatable bonds is 6. The van der Waals surface area contributed by atoms with Crippen molar-refractivity contribution in [1.82, 2.24) is 5.32 Å². The number of likely N-dealkylation sites (N-methyl/N-ethyl adjacent to an activating group) is 1. The fourth-order valence-electron chi connectivity index (χ4n) is 1.94. The Hall–Kier alpha value is -0.910. The minimum absolute atomic E-state index is 0.0787. The Morgan fingerprint density at radius 2 is 1.86 bits per heavy atom. The zero-order chi connectivity index (χ0) is 15.2. The van der Waals surface area contributed by atoms with E-state index in [0.29, 0.717) is 12.0 Å². The maximum Gasteiger partial charge on any atom is 0.162 e. The van der Waals surface area contributed by atoms with Gasteiger partial charge in [0.1, 0.15) is 0 Å². The normalized spacial score (nSPS) is 12.4. The molecule has 0 aromatic heterocycles. The summed E-state index contributed by atoms with van der Waals surface area (Å²) in [5, 5.41) is 3.16. The summed E-state index contributed by atoms with van der Waals surface area (Å²) in [5.74, 6) is -0.747. The molecule has 5 heteroatoms. The van der Waals surface area contributed by atoms with Gasteiger partial charge in [-0.1, -0.05) is 28.1 Å². The van der Waals surface area contributed by atoms with Crippen molar-refractivity contribution in [2.24, 2.45) is 0 Å². The monoisotopic (exact) mass is 371 g/mol. The van der Waals surface area contributed by atoms with E-state index in [2.05, 4.69) is 21.2 Å². The SMILES string of the molecule is CNC(CSc1ccc(Br)cc1)Cc1cccc(F)c1F. The highest BCUT2D eigenvalue weighted by atomic mass is 79.9. The second kappa shape index (κ2) is 7.92. The first kappa shape index (κ1) is 16.5. The van der Waals surface area contributed by atoms with Crippen molar-refractivity contribution >= 4 is 27.7 Å². The number of benzene rings is 2. The van der Waals surface area contributed by atoms with E-state index < -0.39 is 11.6 Å². The molecule has 0 saturated carbocycles. The first-order chi connectivity index (χ1) is 10.1. The third kappa shape index (κ3) is 4.80. The highest BCUT2D eigenvalue weighted by Gasteiger charge is 2.13. The van der Waals surface area contributed by atoms with Gasteiger partial charge in [0.05, 0.1) is 0 Å². The lowest BCUT2D eigenvalue weighted by atomic mass is 10.1. The van der Waals surface area contributed by atoms with Gasteiger partial charge in [-0.25, -0.2) is 8.78 Å². The average molecular weight is 372 g/mol. The van der Waals surface area contributed by atoms with Gasteiger partial charge in [0.2, 0.25) is 0 Å². The fourth-order valence-corrected chi connectivity index (χ4v) is 3.21. The molecule has 2 aromatic rings. The van der Waals surface area contributed by atoms with Crippen molar-refractivity contribution in [3.63, 3.8) is 0 Å². The van der Waals surface area contributed by atoms with Crippen LogP contribution < -0.4 is 5.32 Å². The molecule has 0 radical (unpaired) electrons. The van der Waals surface area contributed by atoms with Crippen molar-refractivity contribution in [3.05, 3.63) is 64.1 Å². The highest BCUT2D eigenvalue weighted by molar-refractivity contribution is 9.10.